The van der Waals surface area contributed by atoms with E-state index in [9.17, 15) is 14.9 Å². The molecule has 1 aromatic rings. The lowest BCUT2D eigenvalue weighted by molar-refractivity contribution is -0.385. The highest BCUT2D eigenvalue weighted by Crippen LogP contribution is 2.31. The topological polar surface area (TPSA) is 125 Å². The lowest BCUT2D eigenvalue weighted by Crippen LogP contribution is -2.31. The Labute approximate surface area is 108 Å². The fraction of sp³-hybridized carbons (Fsp3) is 0.364. The van der Waals surface area contributed by atoms with Crippen molar-refractivity contribution in [1.29, 1.82) is 0 Å². The predicted molar refractivity (Wildman–Crippen MR) is 65.4 cm³/mol. The van der Waals surface area contributed by atoms with Crippen LogP contribution in [-0.4, -0.2) is 35.8 Å². The van der Waals surface area contributed by atoms with Crippen LogP contribution >= 0.6 is 0 Å². The molecule has 1 unspecified atom stereocenters. The maximum atomic E-state index is 10.6. The van der Waals surface area contributed by atoms with Crippen molar-refractivity contribution in [3.63, 3.8) is 0 Å². The van der Waals surface area contributed by atoms with E-state index in [1.54, 1.807) is 0 Å². The quantitative estimate of drug-likeness (QED) is 0.554. The summed E-state index contributed by atoms with van der Waals surface area (Å²) in [7, 11) is 1.36. The van der Waals surface area contributed by atoms with Gasteiger partial charge in [-0.05, 0) is 6.07 Å². The Bertz CT molecular complexity index is 476. The molecule has 104 valence electrons. The standard InChI is InChI=1S/C11H14N2O6/c1-18-10-6-7(13(16)17)2-3-9(10)19-5-4-8(12)11(14)15/h2-3,6,8H,4-5,12H2,1H3,(H,14,15). The first-order valence-corrected chi connectivity index (χ1v) is 5.39. The van der Waals surface area contributed by atoms with Gasteiger partial charge in [0.2, 0.25) is 0 Å². The summed E-state index contributed by atoms with van der Waals surface area (Å²) in [5.41, 5.74) is 5.20. The van der Waals surface area contributed by atoms with Gasteiger partial charge < -0.3 is 20.3 Å². The van der Waals surface area contributed by atoms with Gasteiger partial charge in [0.1, 0.15) is 6.04 Å². The summed E-state index contributed by atoms with van der Waals surface area (Å²) < 4.78 is 10.3. The van der Waals surface area contributed by atoms with E-state index in [-0.39, 0.29) is 24.5 Å². The highest BCUT2D eigenvalue weighted by molar-refractivity contribution is 5.72. The van der Waals surface area contributed by atoms with Crippen molar-refractivity contribution < 1.29 is 24.3 Å². The van der Waals surface area contributed by atoms with Crippen molar-refractivity contribution in [3.05, 3.63) is 28.3 Å². The Balaban J connectivity index is 2.68. The molecule has 0 aliphatic heterocycles. The van der Waals surface area contributed by atoms with Crippen LogP contribution in [0.1, 0.15) is 6.42 Å². The number of nitrogens with zero attached hydrogens (tertiary/aromatic N) is 1. The van der Waals surface area contributed by atoms with Gasteiger partial charge in [-0.2, -0.15) is 0 Å². The van der Waals surface area contributed by atoms with Gasteiger partial charge in [-0.15, -0.1) is 0 Å². The summed E-state index contributed by atoms with van der Waals surface area (Å²) in [6.45, 7) is 0.0711. The largest absolute Gasteiger partial charge is 0.493 e. The maximum absolute atomic E-state index is 10.6. The predicted octanol–water partition coefficient (Wildman–Crippen LogP) is 0.784. The van der Waals surface area contributed by atoms with Crippen LogP contribution in [0.3, 0.4) is 0 Å². The molecule has 0 saturated carbocycles. The smallest absolute Gasteiger partial charge is 0.320 e. The molecule has 1 rings (SSSR count). The Morgan fingerprint density at radius 3 is 2.74 bits per heavy atom. The highest BCUT2D eigenvalue weighted by Gasteiger charge is 2.14. The summed E-state index contributed by atoms with van der Waals surface area (Å²) in [4.78, 5) is 20.5. The molecule has 1 atom stereocenters. The van der Waals surface area contributed by atoms with E-state index in [2.05, 4.69) is 0 Å². The Morgan fingerprint density at radius 1 is 1.53 bits per heavy atom. The van der Waals surface area contributed by atoms with Gasteiger partial charge in [0.15, 0.2) is 11.5 Å². The van der Waals surface area contributed by atoms with Gasteiger partial charge in [0.25, 0.3) is 5.69 Å². The molecule has 0 aromatic heterocycles. The molecule has 0 amide bonds. The number of methoxy groups -OCH3 is 1. The zero-order valence-electron chi connectivity index (χ0n) is 10.2. The van der Waals surface area contributed by atoms with Crippen LogP contribution in [0, 0.1) is 10.1 Å². The van der Waals surface area contributed by atoms with Crippen LogP contribution in [0.5, 0.6) is 11.5 Å². The highest BCUT2D eigenvalue weighted by atomic mass is 16.6. The van der Waals surface area contributed by atoms with Gasteiger partial charge in [-0.3, -0.25) is 14.9 Å². The number of nitro groups is 1. The number of non-ortho nitro benzene ring substituents is 1. The fourth-order valence-corrected chi connectivity index (χ4v) is 1.31. The molecule has 0 aliphatic carbocycles. The maximum Gasteiger partial charge on any atom is 0.320 e. The monoisotopic (exact) mass is 270 g/mol. The first kappa shape index (κ1) is 14.7. The molecule has 0 saturated heterocycles. The molecule has 8 nitrogen and oxygen atoms in total. The SMILES string of the molecule is COc1cc([N+](=O)[O-])ccc1OCCC(N)C(=O)O. The van der Waals surface area contributed by atoms with Crippen LogP contribution in [0.4, 0.5) is 5.69 Å². The minimum atomic E-state index is -1.11. The van der Waals surface area contributed by atoms with Crippen LogP contribution in [0.25, 0.3) is 0 Å². The lowest BCUT2D eigenvalue weighted by Gasteiger charge is -2.11. The second kappa shape index (κ2) is 6.55. The third-order valence-electron chi connectivity index (χ3n) is 2.36. The molecule has 0 heterocycles. The molecule has 3 N–H and O–H groups in total. The van der Waals surface area contributed by atoms with E-state index in [0.29, 0.717) is 5.75 Å². The van der Waals surface area contributed by atoms with Crippen molar-refractivity contribution in [1.82, 2.24) is 0 Å². The average molecular weight is 270 g/mol. The van der Waals surface area contributed by atoms with Crippen molar-refractivity contribution in [3.8, 4) is 11.5 Å². The number of carboxylic acid groups (broad SMARTS) is 1. The minimum Gasteiger partial charge on any atom is -0.493 e. The number of ether oxygens (including phenoxy) is 2. The molecule has 19 heavy (non-hydrogen) atoms. The van der Waals surface area contributed by atoms with E-state index >= 15 is 0 Å². The Kier molecular flexibility index (Phi) is 5.07. The number of carboxylic acids is 1. The molecule has 0 bridgehead atoms. The second-order valence-corrected chi connectivity index (χ2v) is 3.67. The first-order chi connectivity index (χ1) is 8.95. The zero-order valence-corrected chi connectivity index (χ0v) is 10.2. The normalized spacial score (nSPS) is 11.7. The molecular formula is C11H14N2O6. The van der Waals surface area contributed by atoms with E-state index in [0.717, 1.165) is 0 Å². The number of aliphatic carboxylic acids is 1. The minimum absolute atomic E-state index is 0.0711. The zero-order chi connectivity index (χ0) is 14.4. The summed E-state index contributed by atoms with van der Waals surface area (Å²) in [6, 6.07) is 2.88. The van der Waals surface area contributed by atoms with Gasteiger partial charge in [-0.25, -0.2) is 0 Å². The Hall–Kier alpha value is -2.35. The lowest BCUT2D eigenvalue weighted by atomic mass is 10.2. The number of benzene rings is 1. The first-order valence-electron chi connectivity index (χ1n) is 5.39. The van der Waals surface area contributed by atoms with Crippen LogP contribution in [-0.2, 0) is 4.79 Å². The summed E-state index contributed by atoms with van der Waals surface area (Å²) in [5, 5.41) is 19.2. The van der Waals surface area contributed by atoms with Crippen molar-refractivity contribution >= 4 is 11.7 Å². The van der Waals surface area contributed by atoms with Gasteiger partial charge >= 0.3 is 5.97 Å². The van der Waals surface area contributed by atoms with E-state index < -0.39 is 16.9 Å². The third-order valence-corrected chi connectivity index (χ3v) is 2.36. The summed E-state index contributed by atoms with van der Waals surface area (Å²) >= 11 is 0. The second-order valence-electron chi connectivity index (χ2n) is 3.67. The van der Waals surface area contributed by atoms with Crippen LogP contribution in [0.15, 0.2) is 18.2 Å². The van der Waals surface area contributed by atoms with Crippen molar-refractivity contribution in [2.45, 2.75) is 12.5 Å². The molecule has 0 fully saturated rings. The number of carbonyl (C=O) groups is 1. The summed E-state index contributed by atoms with van der Waals surface area (Å²) in [6.07, 6.45) is 0.121. The van der Waals surface area contributed by atoms with E-state index in [4.69, 9.17) is 20.3 Å². The van der Waals surface area contributed by atoms with Gasteiger partial charge in [0, 0.05) is 12.5 Å². The number of hydrogen-bond donors (Lipinski definition) is 2. The molecule has 1 aromatic carbocycles. The average Bonchev–Trinajstić information content (AvgIpc) is 2.38. The number of hydrogen-bond acceptors (Lipinski definition) is 6. The molecule has 0 radical (unpaired) electrons. The van der Waals surface area contributed by atoms with Crippen molar-refractivity contribution in [2.75, 3.05) is 13.7 Å². The van der Waals surface area contributed by atoms with E-state index in [1.807, 2.05) is 0 Å². The molecule has 0 spiro atoms. The number of rotatable bonds is 7. The molecule has 0 aliphatic rings. The summed E-state index contributed by atoms with van der Waals surface area (Å²) in [5.74, 6) is -0.608. The van der Waals surface area contributed by atoms with E-state index in [1.165, 1.54) is 25.3 Å². The number of nitrogens with two attached hydrogens (primary N) is 1. The third kappa shape index (κ3) is 4.11. The van der Waals surface area contributed by atoms with Gasteiger partial charge in [-0.1, -0.05) is 0 Å². The van der Waals surface area contributed by atoms with Crippen LogP contribution in [0.2, 0.25) is 0 Å². The van der Waals surface area contributed by atoms with Gasteiger partial charge in [0.05, 0.1) is 24.7 Å². The van der Waals surface area contributed by atoms with Crippen LogP contribution < -0.4 is 15.2 Å². The fourth-order valence-electron chi connectivity index (χ4n) is 1.31. The molecular weight excluding hydrogens is 256 g/mol. The van der Waals surface area contributed by atoms with Crippen molar-refractivity contribution in [2.24, 2.45) is 5.73 Å². The number of nitro benzene ring substituents is 1. The molecule has 8 heteroatoms. The Morgan fingerprint density at radius 2 is 2.21 bits per heavy atom.